The van der Waals surface area contributed by atoms with Crippen LogP contribution >= 0.6 is 11.3 Å². The average Bonchev–Trinajstić information content (AvgIpc) is 3.75. The fourth-order valence-electron chi connectivity index (χ4n) is 7.53. The van der Waals surface area contributed by atoms with Crippen LogP contribution < -0.4 is 10.2 Å². The third-order valence-electron chi connectivity index (χ3n) is 9.73. The van der Waals surface area contributed by atoms with E-state index >= 15 is 0 Å². The second-order valence-corrected chi connectivity index (χ2v) is 13.6. The monoisotopic (exact) mass is 646 g/mol. The number of thiophene rings is 1. The van der Waals surface area contributed by atoms with E-state index in [1.165, 1.54) is 53.2 Å². The quantitative estimate of drug-likeness (QED) is 0.202. The molecule has 0 spiro atoms. The molecule has 0 bridgehead atoms. The summed E-state index contributed by atoms with van der Waals surface area (Å²) in [7, 11) is 0. The molecular weight excluding hydrogens is 617 g/mol. The lowest BCUT2D eigenvalue weighted by molar-refractivity contribution is 0.669. The second-order valence-electron chi connectivity index (χ2n) is 12.5. The maximum absolute atomic E-state index is 6.71. The van der Waals surface area contributed by atoms with E-state index < -0.39 is 0 Å². The highest BCUT2D eigenvalue weighted by atomic mass is 32.1. The van der Waals surface area contributed by atoms with Crippen LogP contribution in [0.2, 0.25) is 0 Å². The summed E-state index contributed by atoms with van der Waals surface area (Å²) in [6.07, 6.45) is 6.26. The molecule has 0 saturated carbocycles. The molecule has 49 heavy (non-hydrogen) atoms. The third-order valence-corrected chi connectivity index (χ3v) is 10.9. The summed E-state index contributed by atoms with van der Waals surface area (Å²) in [6, 6.07) is 52.4. The van der Waals surface area contributed by atoms with Gasteiger partial charge >= 0.3 is 0 Å². The lowest BCUT2D eigenvalue weighted by Gasteiger charge is -2.27. The van der Waals surface area contributed by atoms with Crippen molar-refractivity contribution >= 4 is 86.9 Å². The predicted molar refractivity (Wildman–Crippen MR) is 209 cm³/mol. The number of nitrogens with one attached hydrogen (secondary N) is 1. The molecule has 0 fully saturated rings. The van der Waals surface area contributed by atoms with Gasteiger partial charge < -0.3 is 14.6 Å². The summed E-state index contributed by atoms with van der Waals surface area (Å²) in [4.78, 5) is 2.36. The molecule has 0 atom stereocenters. The molecule has 9 aromatic rings. The molecule has 0 amide bonds. The van der Waals surface area contributed by atoms with Gasteiger partial charge in [0, 0.05) is 60.3 Å². The number of furan rings is 1. The lowest BCUT2D eigenvalue weighted by Crippen LogP contribution is -2.11. The van der Waals surface area contributed by atoms with Crippen molar-refractivity contribution < 1.29 is 4.42 Å². The molecule has 10 rings (SSSR count). The molecule has 232 valence electrons. The number of hydrogen-bond acceptors (Lipinski definition) is 4. The second kappa shape index (κ2) is 11.3. The molecule has 0 unspecified atom stereocenters. The van der Waals surface area contributed by atoms with Crippen molar-refractivity contribution in [3.63, 3.8) is 0 Å². The van der Waals surface area contributed by atoms with E-state index in [2.05, 4.69) is 168 Å². The normalized spacial score (nSPS) is 13.0. The summed E-state index contributed by atoms with van der Waals surface area (Å²) in [5, 5.41) is 10.7. The number of para-hydroxylation sites is 1. The van der Waals surface area contributed by atoms with Gasteiger partial charge in [0.05, 0.1) is 5.69 Å². The molecule has 7 aromatic carbocycles. The zero-order valence-corrected chi connectivity index (χ0v) is 27.4. The summed E-state index contributed by atoms with van der Waals surface area (Å²) < 4.78 is 9.35. The van der Waals surface area contributed by atoms with Gasteiger partial charge in [-0.2, -0.15) is 0 Å². The Labute approximate surface area is 287 Å². The van der Waals surface area contributed by atoms with Crippen LogP contribution in [0.4, 0.5) is 17.1 Å². The molecule has 1 aliphatic heterocycles. The van der Waals surface area contributed by atoms with Gasteiger partial charge in [-0.25, -0.2) is 0 Å². The van der Waals surface area contributed by atoms with E-state index in [-0.39, 0.29) is 0 Å². The fourth-order valence-corrected chi connectivity index (χ4v) is 8.77. The van der Waals surface area contributed by atoms with Crippen molar-refractivity contribution in [1.29, 1.82) is 0 Å². The SMILES string of the molecule is C1=CNCC(c2cccc3oc4cc(N(c5ccccc5)c5ccc(-c6cccc7c6sc6ccccc67)cc5)c5ccccc5c4c23)=C1. The summed E-state index contributed by atoms with van der Waals surface area (Å²) in [5.74, 6) is 0. The van der Waals surface area contributed by atoms with E-state index in [9.17, 15) is 0 Å². The molecular formula is C45H30N2OS. The van der Waals surface area contributed by atoms with Crippen LogP contribution in [-0.4, -0.2) is 6.54 Å². The zero-order valence-electron chi connectivity index (χ0n) is 26.6. The average molecular weight is 647 g/mol. The number of rotatable bonds is 5. The van der Waals surface area contributed by atoms with Gasteiger partial charge in [0.15, 0.2) is 0 Å². The van der Waals surface area contributed by atoms with Crippen LogP contribution in [0.3, 0.4) is 0 Å². The molecule has 0 radical (unpaired) electrons. The van der Waals surface area contributed by atoms with Crippen LogP contribution in [0.15, 0.2) is 168 Å². The van der Waals surface area contributed by atoms with Gasteiger partial charge in [-0.05, 0) is 76.3 Å². The van der Waals surface area contributed by atoms with Crippen molar-refractivity contribution in [2.24, 2.45) is 0 Å². The summed E-state index contributed by atoms with van der Waals surface area (Å²) >= 11 is 1.87. The Morgan fingerprint density at radius 3 is 2.12 bits per heavy atom. The fraction of sp³-hybridized carbons (Fsp3) is 0.0222. The van der Waals surface area contributed by atoms with Gasteiger partial charge in [-0.15, -0.1) is 11.3 Å². The van der Waals surface area contributed by atoms with Gasteiger partial charge in [-0.1, -0.05) is 109 Å². The van der Waals surface area contributed by atoms with E-state index in [0.29, 0.717) is 0 Å². The van der Waals surface area contributed by atoms with Crippen molar-refractivity contribution in [3.05, 3.63) is 170 Å². The topological polar surface area (TPSA) is 28.4 Å². The van der Waals surface area contributed by atoms with Crippen LogP contribution in [0, 0.1) is 0 Å². The maximum atomic E-state index is 6.71. The maximum Gasteiger partial charge on any atom is 0.138 e. The highest BCUT2D eigenvalue weighted by molar-refractivity contribution is 7.26. The smallest absolute Gasteiger partial charge is 0.138 e. The summed E-state index contributed by atoms with van der Waals surface area (Å²) in [6.45, 7) is 0.785. The van der Waals surface area contributed by atoms with Crippen molar-refractivity contribution in [1.82, 2.24) is 5.32 Å². The molecule has 3 heterocycles. The van der Waals surface area contributed by atoms with Gasteiger partial charge in [0.2, 0.25) is 0 Å². The van der Waals surface area contributed by atoms with Gasteiger partial charge in [0.25, 0.3) is 0 Å². The molecule has 4 heteroatoms. The minimum absolute atomic E-state index is 0.785. The first-order valence-corrected chi connectivity index (χ1v) is 17.5. The number of anilines is 3. The first kappa shape index (κ1) is 28.0. The van der Waals surface area contributed by atoms with E-state index in [1.54, 1.807) is 0 Å². The largest absolute Gasteiger partial charge is 0.456 e. The number of allylic oxidation sites excluding steroid dienone is 2. The molecule has 1 N–H and O–H groups in total. The Balaban J connectivity index is 1.17. The first-order chi connectivity index (χ1) is 24.3. The highest BCUT2D eigenvalue weighted by Crippen LogP contribution is 2.46. The lowest BCUT2D eigenvalue weighted by atomic mass is 9.95. The Morgan fingerprint density at radius 1 is 0.571 bits per heavy atom. The van der Waals surface area contributed by atoms with Crippen LogP contribution in [0.5, 0.6) is 0 Å². The minimum atomic E-state index is 0.785. The predicted octanol–water partition coefficient (Wildman–Crippen LogP) is 12.7. The Morgan fingerprint density at radius 2 is 1.29 bits per heavy atom. The minimum Gasteiger partial charge on any atom is -0.456 e. The number of fused-ring (bicyclic) bond motifs is 8. The zero-order chi connectivity index (χ0) is 32.3. The Hall–Kier alpha value is -6.10. The standard InChI is InChI=1S/C45H30N2OS/c1-2-12-31(13-3-1)47(32-24-22-29(23-25-32)34-18-8-19-38-36-15-6-7-21-42(36)49-45(34)38)39-27-41-44(37-16-5-4-14-35(37)39)43-33(17-9-20-40(43)48-41)30-11-10-26-46-28-30/h1-27,46H,28H2. The Kier molecular flexibility index (Phi) is 6.42. The summed E-state index contributed by atoms with van der Waals surface area (Å²) in [5.41, 5.74) is 9.97. The van der Waals surface area contributed by atoms with Crippen LogP contribution in [0.25, 0.3) is 69.6 Å². The molecule has 0 saturated heterocycles. The number of benzene rings is 7. The first-order valence-electron chi connectivity index (χ1n) is 16.6. The molecule has 1 aliphatic rings. The van der Waals surface area contributed by atoms with E-state index in [4.69, 9.17) is 4.42 Å². The molecule has 3 nitrogen and oxygen atoms in total. The molecule has 2 aromatic heterocycles. The van der Waals surface area contributed by atoms with Crippen molar-refractivity contribution in [3.8, 4) is 11.1 Å². The van der Waals surface area contributed by atoms with Gasteiger partial charge in [-0.3, -0.25) is 0 Å². The third kappa shape index (κ3) is 4.49. The Bertz CT molecular complexity index is 2770. The molecule has 0 aliphatic carbocycles. The number of dihydropyridines is 1. The number of nitrogens with zero attached hydrogens (tertiary/aromatic N) is 1. The highest BCUT2D eigenvalue weighted by Gasteiger charge is 2.22. The van der Waals surface area contributed by atoms with E-state index in [1.807, 2.05) is 17.5 Å². The van der Waals surface area contributed by atoms with Gasteiger partial charge in [0.1, 0.15) is 11.2 Å². The number of hydrogen-bond donors (Lipinski definition) is 1. The van der Waals surface area contributed by atoms with Crippen LogP contribution in [0.1, 0.15) is 5.56 Å². The van der Waals surface area contributed by atoms with Crippen LogP contribution in [-0.2, 0) is 0 Å². The van der Waals surface area contributed by atoms with E-state index in [0.717, 1.165) is 45.5 Å². The van der Waals surface area contributed by atoms with Crippen molar-refractivity contribution in [2.45, 2.75) is 0 Å². The van der Waals surface area contributed by atoms with Crippen molar-refractivity contribution in [2.75, 3.05) is 11.4 Å².